The number of aliphatic hydroxyl groups excluding tert-OH is 1. The first-order chi connectivity index (χ1) is 9.04. The van der Waals surface area contributed by atoms with Gasteiger partial charge >= 0.3 is 0 Å². The summed E-state index contributed by atoms with van der Waals surface area (Å²) in [6.45, 7) is 3.42. The fraction of sp³-hybridized carbons (Fsp3) is 0.500. The van der Waals surface area contributed by atoms with Gasteiger partial charge in [0.25, 0.3) is 0 Å². The maximum atomic E-state index is 12.3. The van der Waals surface area contributed by atoms with E-state index in [9.17, 15) is 9.90 Å². The highest BCUT2D eigenvalue weighted by Gasteiger charge is 2.33. The molecule has 1 aromatic carbocycles. The van der Waals surface area contributed by atoms with Gasteiger partial charge in [0.1, 0.15) is 6.04 Å². The van der Waals surface area contributed by atoms with Crippen molar-refractivity contribution in [2.45, 2.75) is 13.0 Å². The van der Waals surface area contributed by atoms with Crippen LogP contribution >= 0.6 is 15.9 Å². The monoisotopic (exact) mass is 326 g/mol. The standard InChI is InChI=1S/C14H19BrN2O2/c1-10-7-16(2)14(19)13(9-18)17(8-10)12-6-4-3-5-11(12)15/h3-6,10,13,18H,7-9H2,1-2H3. The summed E-state index contributed by atoms with van der Waals surface area (Å²) in [6, 6.07) is 7.30. The molecule has 1 aliphatic heterocycles. The van der Waals surface area contributed by atoms with Crippen LogP contribution in [0.25, 0.3) is 0 Å². The van der Waals surface area contributed by atoms with Crippen LogP contribution in [0.1, 0.15) is 6.92 Å². The zero-order valence-electron chi connectivity index (χ0n) is 11.2. The normalized spacial score (nSPS) is 24.5. The van der Waals surface area contributed by atoms with Crippen molar-refractivity contribution in [1.82, 2.24) is 4.90 Å². The molecule has 0 aliphatic carbocycles. The fourth-order valence-corrected chi connectivity index (χ4v) is 3.11. The maximum Gasteiger partial charge on any atom is 0.247 e. The number of likely N-dealkylation sites (N-methyl/N-ethyl adjacent to an activating group) is 1. The molecule has 104 valence electrons. The molecule has 0 saturated carbocycles. The van der Waals surface area contributed by atoms with Crippen LogP contribution < -0.4 is 4.90 Å². The van der Waals surface area contributed by atoms with E-state index in [1.54, 1.807) is 11.9 Å². The van der Waals surface area contributed by atoms with Crippen LogP contribution in [0.5, 0.6) is 0 Å². The third-order valence-corrected chi connectivity index (χ3v) is 4.14. The zero-order chi connectivity index (χ0) is 14.0. The number of amides is 1. The van der Waals surface area contributed by atoms with Gasteiger partial charge in [-0.15, -0.1) is 0 Å². The number of benzene rings is 1. The van der Waals surface area contributed by atoms with E-state index in [2.05, 4.69) is 22.9 Å². The zero-order valence-corrected chi connectivity index (χ0v) is 12.8. The molecule has 1 N–H and O–H groups in total. The number of hydrogen-bond acceptors (Lipinski definition) is 3. The van der Waals surface area contributed by atoms with Crippen molar-refractivity contribution in [1.29, 1.82) is 0 Å². The summed E-state index contributed by atoms with van der Waals surface area (Å²) in [4.78, 5) is 16.0. The lowest BCUT2D eigenvalue weighted by atomic mass is 10.1. The Kier molecular flexibility index (Phi) is 4.47. The number of carbonyl (C=O) groups is 1. The van der Waals surface area contributed by atoms with Crippen molar-refractivity contribution in [2.75, 3.05) is 31.6 Å². The highest BCUT2D eigenvalue weighted by Crippen LogP contribution is 2.29. The number of aliphatic hydroxyl groups is 1. The number of carbonyl (C=O) groups excluding carboxylic acids is 1. The number of anilines is 1. The van der Waals surface area contributed by atoms with Crippen LogP contribution in [0.3, 0.4) is 0 Å². The summed E-state index contributed by atoms with van der Waals surface area (Å²) in [5.74, 6) is 0.334. The van der Waals surface area contributed by atoms with E-state index in [1.165, 1.54) is 0 Å². The summed E-state index contributed by atoms with van der Waals surface area (Å²) in [5.41, 5.74) is 0.956. The van der Waals surface area contributed by atoms with Gasteiger partial charge in [0.2, 0.25) is 5.91 Å². The fourth-order valence-electron chi connectivity index (χ4n) is 2.59. The lowest BCUT2D eigenvalue weighted by Crippen LogP contribution is -2.47. The number of para-hydroxylation sites is 1. The number of nitrogens with zero attached hydrogens (tertiary/aromatic N) is 2. The first-order valence-corrected chi connectivity index (χ1v) is 7.21. The molecule has 2 rings (SSSR count). The molecule has 1 heterocycles. The first-order valence-electron chi connectivity index (χ1n) is 6.41. The molecule has 1 saturated heterocycles. The van der Waals surface area contributed by atoms with Crippen molar-refractivity contribution < 1.29 is 9.90 Å². The summed E-state index contributed by atoms with van der Waals surface area (Å²) >= 11 is 3.52. The Bertz CT molecular complexity index is 467. The average molecular weight is 327 g/mol. The van der Waals surface area contributed by atoms with Crippen molar-refractivity contribution in [3.63, 3.8) is 0 Å². The summed E-state index contributed by atoms with van der Waals surface area (Å²) < 4.78 is 0.943. The third kappa shape index (κ3) is 2.92. The lowest BCUT2D eigenvalue weighted by Gasteiger charge is -2.31. The third-order valence-electron chi connectivity index (χ3n) is 3.47. The van der Waals surface area contributed by atoms with Crippen LogP contribution in [-0.2, 0) is 4.79 Å². The predicted molar refractivity (Wildman–Crippen MR) is 79.2 cm³/mol. The van der Waals surface area contributed by atoms with E-state index in [0.29, 0.717) is 5.92 Å². The summed E-state index contributed by atoms with van der Waals surface area (Å²) in [5, 5.41) is 9.61. The SMILES string of the molecule is CC1CN(C)C(=O)C(CO)N(c2ccccc2Br)C1. The van der Waals surface area contributed by atoms with E-state index in [4.69, 9.17) is 0 Å². The molecule has 0 aromatic heterocycles. The van der Waals surface area contributed by atoms with E-state index in [1.807, 2.05) is 29.2 Å². The van der Waals surface area contributed by atoms with E-state index >= 15 is 0 Å². The topological polar surface area (TPSA) is 43.8 Å². The van der Waals surface area contributed by atoms with Gasteiger partial charge in [0.15, 0.2) is 0 Å². The smallest absolute Gasteiger partial charge is 0.247 e. The maximum absolute atomic E-state index is 12.3. The lowest BCUT2D eigenvalue weighted by molar-refractivity contribution is -0.131. The second-order valence-electron chi connectivity index (χ2n) is 5.13. The van der Waals surface area contributed by atoms with Gasteiger partial charge in [-0.1, -0.05) is 19.1 Å². The van der Waals surface area contributed by atoms with Crippen molar-refractivity contribution in [3.8, 4) is 0 Å². The molecule has 19 heavy (non-hydrogen) atoms. The van der Waals surface area contributed by atoms with Crippen LogP contribution in [-0.4, -0.2) is 48.7 Å². The molecule has 1 aliphatic rings. The minimum Gasteiger partial charge on any atom is -0.394 e. The summed E-state index contributed by atoms with van der Waals surface area (Å²) in [6.07, 6.45) is 0. The first kappa shape index (κ1) is 14.3. The Morgan fingerprint density at radius 2 is 2.05 bits per heavy atom. The van der Waals surface area contributed by atoms with Crippen molar-refractivity contribution >= 4 is 27.5 Å². The highest BCUT2D eigenvalue weighted by molar-refractivity contribution is 9.10. The molecule has 2 unspecified atom stereocenters. The van der Waals surface area contributed by atoms with Gasteiger partial charge in [-0.3, -0.25) is 4.79 Å². The van der Waals surface area contributed by atoms with E-state index < -0.39 is 6.04 Å². The molecule has 4 nitrogen and oxygen atoms in total. The van der Waals surface area contributed by atoms with Crippen LogP contribution in [0, 0.1) is 5.92 Å². The molecule has 5 heteroatoms. The number of halogens is 1. The molecule has 1 aromatic rings. The second-order valence-corrected chi connectivity index (χ2v) is 5.98. The Labute approximate surface area is 122 Å². The Morgan fingerprint density at radius 1 is 1.37 bits per heavy atom. The quantitative estimate of drug-likeness (QED) is 0.900. The van der Waals surface area contributed by atoms with Crippen molar-refractivity contribution in [2.24, 2.45) is 5.92 Å². The number of hydrogen-bond donors (Lipinski definition) is 1. The summed E-state index contributed by atoms with van der Waals surface area (Å²) in [7, 11) is 1.80. The molecular formula is C14H19BrN2O2. The Hall–Kier alpha value is -1.07. The van der Waals surface area contributed by atoms with Gasteiger partial charge < -0.3 is 14.9 Å². The van der Waals surface area contributed by atoms with Gasteiger partial charge in [0.05, 0.1) is 12.3 Å². The van der Waals surface area contributed by atoms with E-state index in [0.717, 1.165) is 23.2 Å². The van der Waals surface area contributed by atoms with Crippen LogP contribution in [0.15, 0.2) is 28.7 Å². The number of rotatable bonds is 2. The van der Waals surface area contributed by atoms with Gasteiger partial charge in [-0.2, -0.15) is 0 Å². The molecule has 1 fully saturated rings. The Morgan fingerprint density at radius 3 is 2.68 bits per heavy atom. The van der Waals surface area contributed by atoms with Crippen LogP contribution in [0.2, 0.25) is 0 Å². The minimum absolute atomic E-state index is 0.0254. The molecule has 1 amide bonds. The molecule has 0 spiro atoms. The van der Waals surface area contributed by atoms with Crippen LogP contribution in [0.4, 0.5) is 5.69 Å². The highest BCUT2D eigenvalue weighted by atomic mass is 79.9. The molecular weight excluding hydrogens is 308 g/mol. The molecule has 0 bridgehead atoms. The van der Waals surface area contributed by atoms with Gasteiger partial charge in [-0.25, -0.2) is 0 Å². The minimum atomic E-state index is -0.506. The predicted octanol–water partition coefficient (Wildman–Crippen LogP) is 1.72. The molecule has 2 atom stereocenters. The van der Waals surface area contributed by atoms with Crippen molar-refractivity contribution in [3.05, 3.63) is 28.7 Å². The van der Waals surface area contributed by atoms with Gasteiger partial charge in [0, 0.05) is 24.6 Å². The second kappa shape index (κ2) is 5.92. The van der Waals surface area contributed by atoms with E-state index in [-0.39, 0.29) is 12.5 Å². The average Bonchev–Trinajstić information content (AvgIpc) is 2.48. The molecule has 0 radical (unpaired) electrons. The van der Waals surface area contributed by atoms with Gasteiger partial charge in [-0.05, 0) is 34.0 Å². The largest absolute Gasteiger partial charge is 0.394 e. The Balaban J connectivity index is 2.40.